The number of ether oxygens (including phenoxy) is 1. The van der Waals surface area contributed by atoms with Gasteiger partial charge in [0.05, 0.1) is 13.2 Å². The minimum atomic E-state index is -0.284. The van der Waals surface area contributed by atoms with Gasteiger partial charge in [-0.05, 0) is 55.4 Å². The number of aromatic amines is 1. The molecule has 1 aromatic heterocycles. The SMILES string of the molecule is COc1cccc(C2c3[nH]c4ccccc4c3CC3C(=O)N(C(C)C)C(=S)N32)c1. The van der Waals surface area contributed by atoms with E-state index < -0.39 is 0 Å². The first kappa shape index (κ1) is 18.2. The summed E-state index contributed by atoms with van der Waals surface area (Å²) in [6.45, 7) is 4.02. The largest absolute Gasteiger partial charge is 0.497 e. The van der Waals surface area contributed by atoms with Crippen LogP contribution in [0.5, 0.6) is 5.75 Å². The Morgan fingerprint density at radius 2 is 1.97 bits per heavy atom. The van der Waals surface area contributed by atoms with Gasteiger partial charge >= 0.3 is 0 Å². The minimum absolute atomic E-state index is 0.0293. The van der Waals surface area contributed by atoms with Gasteiger partial charge in [-0.3, -0.25) is 9.69 Å². The third-order valence-corrected chi connectivity index (χ3v) is 6.41. The van der Waals surface area contributed by atoms with E-state index in [4.69, 9.17) is 17.0 Å². The van der Waals surface area contributed by atoms with Gasteiger partial charge in [-0.2, -0.15) is 0 Å². The number of rotatable bonds is 3. The highest BCUT2D eigenvalue weighted by atomic mass is 32.1. The quantitative estimate of drug-likeness (QED) is 0.669. The van der Waals surface area contributed by atoms with Crippen molar-refractivity contribution in [2.75, 3.05) is 7.11 Å². The standard InChI is InChI=1S/C23H23N3O2S/c1-13(2)25-22(27)19-12-17-16-9-4-5-10-18(16)24-20(17)21(26(19)23(25)29)14-7-6-8-15(11-14)28-3/h4-11,13,19,21,24H,12H2,1-3H3. The Morgan fingerprint density at radius 3 is 2.72 bits per heavy atom. The van der Waals surface area contributed by atoms with Gasteiger partial charge in [-0.25, -0.2) is 0 Å². The second-order valence-corrected chi connectivity index (χ2v) is 8.32. The molecule has 1 amide bonds. The van der Waals surface area contributed by atoms with Gasteiger partial charge in [-0.15, -0.1) is 0 Å². The van der Waals surface area contributed by atoms with Crippen LogP contribution in [0.1, 0.15) is 36.7 Å². The molecule has 29 heavy (non-hydrogen) atoms. The molecule has 2 unspecified atom stereocenters. The van der Waals surface area contributed by atoms with E-state index in [0.29, 0.717) is 11.5 Å². The van der Waals surface area contributed by atoms with Gasteiger partial charge in [0.15, 0.2) is 5.11 Å². The Morgan fingerprint density at radius 1 is 1.17 bits per heavy atom. The van der Waals surface area contributed by atoms with Gasteiger partial charge in [0, 0.05) is 29.1 Å². The van der Waals surface area contributed by atoms with Crippen LogP contribution < -0.4 is 4.74 Å². The number of fused-ring (bicyclic) bond motifs is 4. The molecule has 0 aliphatic carbocycles. The lowest BCUT2D eigenvalue weighted by molar-refractivity contribution is -0.129. The highest BCUT2D eigenvalue weighted by Crippen LogP contribution is 2.44. The first-order valence-electron chi connectivity index (χ1n) is 9.90. The molecule has 5 rings (SSSR count). The number of hydrogen-bond donors (Lipinski definition) is 1. The Kier molecular flexibility index (Phi) is 4.13. The second kappa shape index (κ2) is 6.59. The van der Waals surface area contributed by atoms with Crippen molar-refractivity contribution in [2.45, 2.75) is 38.4 Å². The first-order valence-corrected chi connectivity index (χ1v) is 10.3. The molecule has 0 bridgehead atoms. The summed E-state index contributed by atoms with van der Waals surface area (Å²) in [5, 5.41) is 1.78. The molecular weight excluding hydrogens is 382 g/mol. The molecule has 3 aromatic rings. The van der Waals surface area contributed by atoms with E-state index in [1.54, 1.807) is 12.0 Å². The summed E-state index contributed by atoms with van der Waals surface area (Å²) >= 11 is 5.83. The fourth-order valence-electron chi connectivity index (χ4n) is 4.73. The third-order valence-electron chi connectivity index (χ3n) is 6.01. The van der Waals surface area contributed by atoms with Crippen LogP contribution in [0.2, 0.25) is 0 Å². The number of nitrogens with one attached hydrogen (secondary N) is 1. The Balaban J connectivity index is 1.75. The maximum Gasteiger partial charge on any atom is 0.252 e. The molecule has 5 nitrogen and oxygen atoms in total. The van der Waals surface area contributed by atoms with Crippen LogP contribution in [0.4, 0.5) is 0 Å². The Hall–Kier alpha value is -2.86. The fraction of sp³-hybridized carbons (Fsp3) is 0.304. The monoisotopic (exact) mass is 405 g/mol. The molecule has 148 valence electrons. The molecular formula is C23H23N3O2S. The highest BCUT2D eigenvalue weighted by Gasteiger charge is 2.51. The molecule has 2 aliphatic rings. The number of aromatic nitrogens is 1. The van der Waals surface area contributed by atoms with Crippen LogP contribution in [0.3, 0.4) is 0 Å². The van der Waals surface area contributed by atoms with E-state index in [2.05, 4.69) is 28.1 Å². The van der Waals surface area contributed by atoms with Crippen LogP contribution in [-0.4, -0.2) is 45.0 Å². The number of H-pyrrole nitrogens is 1. The highest BCUT2D eigenvalue weighted by molar-refractivity contribution is 7.80. The number of carbonyl (C=O) groups excluding carboxylic acids is 1. The molecule has 2 aromatic carbocycles. The van der Waals surface area contributed by atoms with Crippen molar-refractivity contribution in [3.8, 4) is 5.75 Å². The summed E-state index contributed by atoms with van der Waals surface area (Å²) in [6, 6.07) is 15.9. The molecule has 1 fully saturated rings. The lowest BCUT2D eigenvalue weighted by atomic mass is 9.89. The van der Waals surface area contributed by atoms with Crippen LogP contribution >= 0.6 is 12.2 Å². The molecule has 2 aliphatic heterocycles. The average Bonchev–Trinajstić information content (AvgIpc) is 3.21. The maximum absolute atomic E-state index is 13.3. The van der Waals surface area contributed by atoms with Crippen molar-refractivity contribution >= 4 is 34.1 Å². The Labute approximate surface area is 175 Å². The van der Waals surface area contributed by atoms with Gasteiger partial charge < -0.3 is 14.6 Å². The van der Waals surface area contributed by atoms with Crippen molar-refractivity contribution in [1.82, 2.24) is 14.8 Å². The van der Waals surface area contributed by atoms with E-state index in [1.807, 2.05) is 44.2 Å². The zero-order valence-corrected chi connectivity index (χ0v) is 17.5. The molecule has 0 radical (unpaired) electrons. The normalized spacial score (nSPS) is 21.1. The molecule has 1 N–H and O–H groups in total. The van der Waals surface area contributed by atoms with E-state index in [-0.39, 0.29) is 24.0 Å². The number of hydrogen-bond acceptors (Lipinski definition) is 3. The number of carbonyl (C=O) groups is 1. The van der Waals surface area contributed by atoms with Crippen molar-refractivity contribution in [3.63, 3.8) is 0 Å². The molecule has 2 atom stereocenters. The fourth-order valence-corrected chi connectivity index (χ4v) is 5.26. The topological polar surface area (TPSA) is 48.6 Å². The summed E-state index contributed by atoms with van der Waals surface area (Å²) < 4.78 is 5.47. The predicted molar refractivity (Wildman–Crippen MR) is 117 cm³/mol. The molecule has 6 heteroatoms. The number of para-hydroxylation sites is 1. The van der Waals surface area contributed by atoms with Crippen molar-refractivity contribution in [2.24, 2.45) is 0 Å². The van der Waals surface area contributed by atoms with Crippen LogP contribution in [0.25, 0.3) is 10.9 Å². The third kappa shape index (κ3) is 2.59. The van der Waals surface area contributed by atoms with E-state index in [9.17, 15) is 4.79 Å². The van der Waals surface area contributed by atoms with Crippen molar-refractivity contribution in [3.05, 3.63) is 65.4 Å². The van der Waals surface area contributed by atoms with E-state index in [0.717, 1.165) is 22.5 Å². The van der Waals surface area contributed by atoms with Crippen LogP contribution in [0.15, 0.2) is 48.5 Å². The van der Waals surface area contributed by atoms with Crippen molar-refractivity contribution in [1.29, 1.82) is 0 Å². The molecule has 3 heterocycles. The molecule has 1 saturated heterocycles. The number of amides is 1. The van der Waals surface area contributed by atoms with Gasteiger partial charge in [0.25, 0.3) is 5.91 Å². The maximum atomic E-state index is 13.3. The zero-order chi connectivity index (χ0) is 20.3. The lowest BCUT2D eigenvalue weighted by Crippen LogP contribution is -2.44. The summed E-state index contributed by atoms with van der Waals surface area (Å²) in [5.74, 6) is 0.883. The van der Waals surface area contributed by atoms with Gasteiger partial charge in [0.2, 0.25) is 0 Å². The van der Waals surface area contributed by atoms with Crippen molar-refractivity contribution < 1.29 is 9.53 Å². The van der Waals surface area contributed by atoms with Gasteiger partial charge in [-0.1, -0.05) is 30.3 Å². The molecule has 0 spiro atoms. The predicted octanol–water partition coefficient (Wildman–Crippen LogP) is 4.03. The summed E-state index contributed by atoms with van der Waals surface area (Å²) in [5.41, 5.74) is 4.46. The minimum Gasteiger partial charge on any atom is -0.497 e. The summed E-state index contributed by atoms with van der Waals surface area (Å²) in [7, 11) is 1.67. The summed E-state index contributed by atoms with van der Waals surface area (Å²) in [6.07, 6.45) is 0.655. The zero-order valence-electron chi connectivity index (χ0n) is 16.7. The lowest BCUT2D eigenvalue weighted by Gasteiger charge is -2.37. The van der Waals surface area contributed by atoms with E-state index in [1.165, 1.54) is 10.9 Å². The molecule has 0 saturated carbocycles. The second-order valence-electron chi connectivity index (χ2n) is 7.95. The van der Waals surface area contributed by atoms with Crippen LogP contribution in [0, 0.1) is 0 Å². The average molecular weight is 406 g/mol. The number of thiocarbonyl (C=S) groups is 1. The van der Waals surface area contributed by atoms with Gasteiger partial charge in [0.1, 0.15) is 11.8 Å². The number of methoxy groups -OCH3 is 1. The summed E-state index contributed by atoms with van der Waals surface area (Å²) in [4.78, 5) is 20.8. The number of benzene rings is 2. The van der Waals surface area contributed by atoms with Crippen LogP contribution in [-0.2, 0) is 11.2 Å². The smallest absolute Gasteiger partial charge is 0.252 e. The first-order chi connectivity index (χ1) is 14.0. The van der Waals surface area contributed by atoms with E-state index >= 15 is 0 Å². The number of nitrogens with zero attached hydrogens (tertiary/aromatic N) is 2. The Bertz CT molecular complexity index is 1140.